The van der Waals surface area contributed by atoms with Gasteiger partial charge in [0, 0.05) is 5.33 Å². The van der Waals surface area contributed by atoms with E-state index < -0.39 is 0 Å². The Labute approximate surface area is 70.6 Å². The highest BCUT2D eigenvalue weighted by Gasteiger charge is 2.32. The quantitative estimate of drug-likeness (QED) is 0.497. The monoisotopic (exact) mass is 204 g/mol. The highest BCUT2D eigenvalue weighted by molar-refractivity contribution is 9.09. The van der Waals surface area contributed by atoms with Crippen LogP contribution in [0.25, 0.3) is 0 Å². The zero-order valence-electron chi connectivity index (χ0n) is 6.27. The van der Waals surface area contributed by atoms with E-state index in [4.69, 9.17) is 4.74 Å². The molecule has 0 radical (unpaired) electrons. The minimum absolute atomic E-state index is 0.0571. The summed E-state index contributed by atoms with van der Waals surface area (Å²) in [7, 11) is 0. The number of hydrogen-bond acceptors (Lipinski definition) is 1. The molecule has 0 aliphatic carbocycles. The van der Waals surface area contributed by atoms with Gasteiger partial charge in [0.1, 0.15) is 0 Å². The Hall–Kier alpha value is 0.180. The van der Waals surface area contributed by atoms with Crippen molar-refractivity contribution in [1.82, 2.24) is 0 Å². The third-order valence-corrected chi connectivity index (χ3v) is 2.72. The molecule has 0 N–H and O–H groups in total. The van der Waals surface area contributed by atoms with E-state index in [0.717, 1.165) is 18.2 Å². The molecule has 0 aromatic carbocycles. The molecule has 0 amide bonds. The van der Waals surface area contributed by atoms with Crippen molar-refractivity contribution >= 4 is 15.9 Å². The summed E-state index contributed by atoms with van der Waals surface area (Å²) in [6.07, 6.45) is 4.54. The third-order valence-electron chi connectivity index (χ3n) is 2.00. The summed E-state index contributed by atoms with van der Waals surface area (Å²) in [5.74, 6) is 0. The van der Waals surface area contributed by atoms with Crippen molar-refractivity contribution in [2.45, 2.75) is 31.5 Å². The minimum Gasteiger partial charge on any atom is -0.367 e. The van der Waals surface area contributed by atoms with Crippen LogP contribution in [-0.4, -0.2) is 17.0 Å². The molecule has 1 nitrogen and oxygen atoms in total. The highest BCUT2D eigenvalue weighted by Crippen LogP contribution is 2.31. The first-order chi connectivity index (χ1) is 4.70. The Kier molecular flexibility index (Phi) is 2.53. The summed E-state index contributed by atoms with van der Waals surface area (Å²) >= 11 is 3.40. The van der Waals surface area contributed by atoms with Crippen molar-refractivity contribution in [3.8, 4) is 0 Å². The Morgan fingerprint density at radius 1 is 1.90 bits per heavy atom. The van der Waals surface area contributed by atoms with Crippen molar-refractivity contribution in [2.75, 3.05) is 5.33 Å². The summed E-state index contributed by atoms with van der Waals surface area (Å²) in [6.45, 7) is 5.83. The van der Waals surface area contributed by atoms with Gasteiger partial charge in [-0.2, -0.15) is 0 Å². The number of ether oxygens (including phenoxy) is 1. The van der Waals surface area contributed by atoms with E-state index in [-0.39, 0.29) is 5.60 Å². The molecule has 1 fully saturated rings. The topological polar surface area (TPSA) is 9.23 Å². The molecule has 1 aliphatic rings. The summed E-state index contributed by atoms with van der Waals surface area (Å²) in [5.41, 5.74) is -0.0571. The van der Waals surface area contributed by atoms with E-state index in [9.17, 15) is 0 Å². The van der Waals surface area contributed by atoms with Gasteiger partial charge < -0.3 is 4.74 Å². The maximum Gasteiger partial charge on any atom is 0.0836 e. The Balaban J connectivity index is 2.48. The van der Waals surface area contributed by atoms with Gasteiger partial charge in [-0.25, -0.2) is 0 Å². The average molecular weight is 205 g/mol. The number of halogens is 1. The molecule has 1 heterocycles. The zero-order valence-corrected chi connectivity index (χ0v) is 7.86. The molecule has 2 heteroatoms. The molecular weight excluding hydrogens is 192 g/mol. The predicted molar refractivity (Wildman–Crippen MR) is 46.5 cm³/mol. The van der Waals surface area contributed by atoms with Gasteiger partial charge in [-0.05, 0) is 19.8 Å². The van der Waals surface area contributed by atoms with Crippen LogP contribution in [0.3, 0.4) is 0 Å². The van der Waals surface area contributed by atoms with E-state index in [0.29, 0.717) is 6.10 Å². The second-order valence-electron chi connectivity index (χ2n) is 2.95. The molecule has 0 bridgehead atoms. The molecule has 0 saturated carbocycles. The first kappa shape index (κ1) is 8.28. The highest BCUT2D eigenvalue weighted by atomic mass is 79.9. The van der Waals surface area contributed by atoms with Gasteiger partial charge in [0.15, 0.2) is 0 Å². The van der Waals surface area contributed by atoms with Gasteiger partial charge in [-0.15, -0.1) is 6.58 Å². The van der Waals surface area contributed by atoms with E-state index in [1.807, 2.05) is 6.08 Å². The lowest BCUT2D eigenvalue weighted by Gasteiger charge is -2.19. The van der Waals surface area contributed by atoms with E-state index >= 15 is 0 Å². The predicted octanol–water partition coefficient (Wildman–Crippen LogP) is 2.51. The molecule has 0 aromatic rings. The number of rotatable bonds is 2. The van der Waals surface area contributed by atoms with Gasteiger partial charge in [0.05, 0.1) is 11.7 Å². The molecule has 1 saturated heterocycles. The number of alkyl halides is 1. The normalized spacial score (nSPS) is 40.0. The molecule has 58 valence electrons. The van der Waals surface area contributed by atoms with Gasteiger partial charge in [-0.1, -0.05) is 22.0 Å². The van der Waals surface area contributed by atoms with Gasteiger partial charge in [0.25, 0.3) is 0 Å². The van der Waals surface area contributed by atoms with Crippen molar-refractivity contribution in [2.24, 2.45) is 0 Å². The van der Waals surface area contributed by atoms with Crippen molar-refractivity contribution < 1.29 is 4.74 Å². The third kappa shape index (κ3) is 1.61. The number of hydrogen-bond donors (Lipinski definition) is 0. The van der Waals surface area contributed by atoms with Crippen LogP contribution >= 0.6 is 15.9 Å². The van der Waals surface area contributed by atoms with Crippen molar-refractivity contribution in [1.29, 1.82) is 0 Å². The fourth-order valence-electron chi connectivity index (χ4n) is 1.21. The van der Waals surface area contributed by atoms with Gasteiger partial charge in [0.2, 0.25) is 0 Å². The fraction of sp³-hybridized carbons (Fsp3) is 0.750. The summed E-state index contributed by atoms with van der Waals surface area (Å²) in [4.78, 5) is 0. The second-order valence-corrected chi connectivity index (χ2v) is 3.60. The Bertz CT molecular complexity index is 135. The molecule has 1 rings (SSSR count). The van der Waals surface area contributed by atoms with Crippen molar-refractivity contribution in [3.05, 3.63) is 12.7 Å². The smallest absolute Gasteiger partial charge is 0.0836 e. The van der Waals surface area contributed by atoms with Crippen LogP contribution < -0.4 is 0 Å². The van der Waals surface area contributed by atoms with E-state index in [2.05, 4.69) is 29.4 Å². The van der Waals surface area contributed by atoms with Crippen LogP contribution in [0.4, 0.5) is 0 Å². The maximum absolute atomic E-state index is 5.68. The van der Waals surface area contributed by atoms with Crippen LogP contribution in [0.5, 0.6) is 0 Å². The zero-order chi connectivity index (χ0) is 7.61. The van der Waals surface area contributed by atoms with Gasteiger partial charge >= 0.3 is 0 Å². The van der Waals surface area contributed by atoms with Gasteiger partial charge in [-0.3, -0.25) is 0 Å². The van der Waals surface area contributed by atoms with E-state index in [1.165, 1.54) is 0 Å². The first-order valence-corrected chi connectivity index (χ1v) is 4.70. The summed E-state index contributed by atoms with van der Waals surface area (Å²) in [5, 5.41) is 0.941. The molecule has 1 aliphatic heterocycles. The standard InChI is InChI=1S/C8H13BrO/c1-3-8(2)5-4-7(6-9)10-8/h3,7H,1,4-6H2,2H3. The lowest BCUT2D eigenvalue weighted by molar-refractivity contribution is 0.0170. The molecule has 0 spiro atoms. The lowest BCUT2D eigenvalue weighted by atomic mass is 10.0. The fourth-order valence-corrected chi connectivity index (χ4v) is 1.66. The molecule has 2 atom stereocenters. The Morgan fingerprint density at radius 3 is 2.90 bits per heavy atom. The van der Waals surface area contributed by atoms with Crippen LogP contribution in [0.15, 0.2) is 12.7 Å². The SMILES string of the molecule is C=CC1(C)CCC(CBr)O1. The van der Waals surface area contributed by atoms with Crippen LogP contribution in [-0.2, 0) is 4.74 Å². The van der Waals surface area contributed by atoms with Crippen molar-refractivity contribution in [3.63, 3.8) is 0 Å². The second kappa shape index (κ2) is 3.05. The summed E-state index contributed by atoms with van der Waals surface area (Å²) in [6, 6.07) is 0. The largest absolute Gasteiger partial charge is 0.367 e. The first-order valence-electron chi connectivity index (χ1n) is 3.57. The molecular formula is C8H13BrO. The van der Waals surface area contributed by atoms with Crippen LogP contribution in [0, 0.1) is 0 Å². The van der Waals surface area contributed by atoms with Crippen LogP contribution in [0.1, 0.15) is 19.8 Å². The molecule has 2 unspecified atom stereocenters. The maximum atomic E-state index is 5.68. The minimum atomic E-state index is -0.0571. The van der Waals surface area contributed by atoms with Crippen LogP contribution in [0.2, 0.25) is 0 Å². The molecule has 10 heavy (non-hydrogen) atoms. The van der Waals surface area contributed by atoms with E-state index in [1.54, 1.807) is 0 Å². The summed E-state index contributed by atoms with van der Waals surface area (Å²) < 4.78 is 5.68. The lowest BCUT2D eigenvalue weighted by Crippen LogP contribution is -2.21. The Morgan fingerprint density at radius 2 is 2.60 bits per heavy atom. The average Bonchev–Trinajstić information content (AvgIpc) is 2.33. The molecule has 0 aromatic heterocycles.